The molecule has 0 heterocycles. The number of carbonyl (C=O) groups is 3. The summed E-state index contributed by atoms with van der Waals surface area (Å²) in [6.07, 6.45) is 0.641. The highest BCUT2D eigenvalue weighted by atomic mass is 16.4. The lowest BCUT2D eigenvalue weighted by Gasteiger charge is -2.21. The molecule has 1 aromatic carbocycles. The first-order valence-corrected chi connectivity index (χ1v) is 6.71. The Hall–Kier alpha value is -2.37. The van der Waals surface area contributed by atoms with Crippen molar-refractivity contribution in [3.63, 3.8) is 0 Å². The topological polar surface area (TPSA) is 86.7 Å². The minimum atomic E-state index is -1.11. The fraction of sp³-hybridized carbons (Fsp3) is 0.400. The zero-order valence-electron chi connectivity index (χ0n) is 12.2. The van der Waals surface area contributed by atoms with Crippen LogP contribution < -0.4 is 5.32 Å². The van der Waals surface area contributed by atoms with Gasteiger partial charge in [-0.25, -0.2) is 0 Å². The van der Waals surface area contributed by atoms with Gasteiger partial charge in [0.2, 0.25) is 11.8 Å². The summed E-state index contributed by atoms with van der Waals surface area (Å²) in [5, 5.41) is 11.1. The minimum Gasteiger partial charge on any atom is -0.480 e. The van der Waals surface area contributed by atoms with Gasteiger partial charge in [-0.3, -0.25) is 14.4 Å². The Labute approximate surface area is 123 Å². The predicted octanol–water partition coefficient (Wildman–Crippen LogP) is 0.667. The van der Waals surface area contributed by atoms with Gasteiger partial charge in [-0.2, -0.15) is 0 Å². The molecule has 0 bridgehead atoms. The van der Waals surface area contributed by atoms with E-state index < -0.39 is 17.9 Å². The van der Waals surface area contributed by atoms with E-state index in [9.17, 15) is 14.4 Å². The molecule has 0 aliphatic carbocycles. The van der Waals surface area contributed by atoms with Crippen molar-refractivity contribution in [3.05, 3.63) is 35.9 Å². The van der Waals surface area contributed by atoms with Crippen LogP contribution in [0.25, 0.3) is 0 Å². The van der Waals surface area contributed by atoms with Crippen molar-refractivity contribution in [3.8, 4) is 0 Å². The highest BCUT2D eigenvalue weighted by Crippen LogP contribution is 2.02. The molecular weight excluding hydrogens is 272 g/mol. The third kappa shape index (κ3) is 6.07. The normalized spacial score (nSPS) is 11.5. The van der Waals surface area contributed by atoms with Crippen LogP contribution in [0.1, 0.15) is 19.4 Å². The number of hydrogen-bond acceptors (Lipinski definition) is 3. The molecule has 0 aliphatic rings. The third-order valence-corrected chi connectivity index (χ3v) is 3.04. The first kappa shape index (κ1) is 16.7. The van der Waals surface area contributed by atoms with E-state index in [1.165, 1.54) is 18.7 Å². The van der Waals surface area contributed by atoms with Gasteiger partial charge in [0.05, 0.1) is 6.54 Å². The second kappa shape index (κ2) is 8.04. The second-order valence-corrected chi connectivity index (χ2v) is 4.80. The number of aliphatic carboxylic acids is 1. The van der Waals surface area contributed by atoms with Crippen LogP contribution >= 0.6 is 0 Å². The monoisotopic (exact) mass is 292 g/mol. The summed E-state index contributed by atoms with van der Waals surface area (Å²) < 4.78 is 0. The van der Waals surface area contributed by atoms with Crippen molar-refractivity contribution < 1.29 is 19.5 Å². The maximum atomic E-state index is 11.7. The Morgan fingerprint density at radius 3 is 2.38 bits per heavy atom. The number of carboxylic acids is 1. The largest absolute Gasteiger partial charge is 0.480 e. The molecule has 0 unspecified atom stereocenters. The quantitative estimate of drug-likeness (QED) is 0.773. The predicted molar refractivity (Wildman–Crippen MR) is 77.6 cm³/mol. The van der Waals surface area contributed by atoms with Gasteiger partial charge in [0.15, 0.2) is 0 Å². The molecule has 21 heavy (non-hydrogen) atoms. The van der Waals surface area contributed by atoms with E-state index in [1.54, 1.807) is 0 Å². The van der Waals surface area contributed by atoms with Crippen molar-refractivity contribution in [1.82, 2.24) is 10.2 Å². The Morgan fingerprint density at radius 2 is 1.86 bits per heavy atom. The highest BCUT2D eigenvalue weighted by molar-refractivity contribution is 5.87. The average molecular weight is 292 g/mol. The van der Waals surface area contributed by atoms with E-state index in [-0.39, 0.29) is 12.5 Å². The molecule has 2 N–H and O–H groups in total. The van der Waals surface area contributed by atoms with Crippen molar-refractivity contribution in [2.24, 2.45) is 0 Å². The molecule has 6 heteroatoms. The van der Waals surface area contributed by atoms with Crippen LogP contribution in [0.15, 0.2) is 30.3 Å². The van der Waals surface area contributed by atoms with Gasteiger partial charge in [-0.1, -0.05) is 30.3 Å². The van der Waals surface area contributed by atoms with Crippen LogP contribution in [-0.4, -0.2) is 46.9 Å². The molecule has 0 fully saturated rings. The number of hydrogen-bond donors (Lipinski definition) is 2. The molecule has 2 amide bonds. The lowest BCUT2D eigenvalue weighted by Crippen LogP contribution is -2.45. The molecule has 0 saturated carbocycles. The van der Waals surface area contributed by atoms with Gasteiger partial charge >= 0.3 is 5.97 Å². The zero-order valence-corrected chi connectivity index (χ0v) is 12.2. The van der Waals surface area contributed by atoms with Gasteiger partial charge < -0.3 is 15.3 Å². The summed E-state index contributed by atoms with van der Waals surface area (Å²) in [5.74, 6) is -1.81. The average Bonchev–Trinajstić information content (AvgIpc) is 2.44. The second-order valence-electron chi connectivity index (χ2n) is 4.80. The Morgan fingerprint density at radius 1 is 1.24 bits per heavy atom. The van der Waals surface area contributed by atoms with E-state index >= 15 is 0 Å². The summed E-state index contributed by atoms with van der Waals surface area (Å²) in [7, 11) is 0. The SMILES string of the molecule is CC(=O)N(CCc1ccccc1)CC(=O)N[C@H](C)C(=O)O. The fourth-order valence-electron chi connectivity index (χ4n) is 1.78. The number of rotatable bonds is 7. The van der Waals surface area contributed by atoms with E-state index in [0.29, 0.717) is 13.0 Å². The van der Waals surface area contributed by atoms with Gasteiger partial charge in [-0.05, 0) is 18.9 Å². The molecule has 0 aliphatic heterocycles. The molecule has 6 nitrogen and oxygen atoms in total. The lowest BCUT2D eigenvalue weighted by molar-refractivity contribution is -0.141. The molecular formula is C15H20N2O4. The first-order chi connectivity index (χ1) is 9.90. The maximum Gasteiger partial charge on any atom is 0.325 e. The smallest absolute Gasteiger partial charge is 0.325 e. The summed E-state index contributed by atoms with van der Waals surface area (Å²) in [4.78, 5) is 35.3. The summed E-state index contributed by atoms with van der Waals surface area (Å²) in [6, 6.07) is 8.66. The summed E-state index contributed by atoms with van der Waals surface area (Å²) >= 11 is 0. The summed E-state index contributed by atoms with van der Waals surface area (Å²) in [5.41, 5.74) is 1.07. The molecule has 0 saturated heterocycles. The standard InChI is InChI=1S/C15H20N2O4/c1-11(15(20)21)16-14(19)10-17(12(2)18)9-8-13-6-4-3-5-7-13/h3-7,11H,8-10H2,1-2H3,(H,16,19)(H,20,21)/t11-/m1/s1. The van der Waals surface area contributed by atoms with Crippen LogP contribution in [0, 0.1) is 0 Å². The molecule has 0 aromatic heterocycles. The van der Waals surface area contributed by atoms with Gasteiger partial charge in [0.25, 0.3) is 0 Å². The van der Waals surface area contributed by atoms with E-state index in [1.807, 2.05) is 30.3 Å². The van der Waals surface area contributed by atoms with Crippen LogP contribution in [0.5, 0.6) is 0 Å². The first-order valence-electron chi connectivity index (χ1n) is 6.71. The zero-order chi connectivity index (χ0) is 15.8. The van der Waals surface area contributed by atoms with Crippen LogP contribution in [0.2, 0.25) is 0 Å². The maximum absolute atomic E-state index is 11.7. The molecule has 1 atom stereocenters. The van der Waals surface area contributed by atoms with Gasteiger partial charge in [0.1, 0.15) is 6.04 Å². The van der Waals surface area contributed by atoms with E-state index in [2.05, 4.69) is 5.32 Å². The fourth-order valence-corrected chi connectivity index (χ4v) is 1.78. The van der Waals surface area contributed by atoms with Crippen molar-refractivity contribution >= 4 is 17.8 Å². The number of carboxylic acid groups (broad SMARTS) is 1. The van der Waals surface area contributed by atoms with Crippen LogP contribution in [0.4, 0.5) is 0 Å². The van der Waals surface area contributed by atoms with Crippen LogP contribution in [0.3, 0.4) is 0 Å². The van der Waals surface area contributed by atoms with E-state index in [0.717, 1.165) is 5.56 Å². The molecule has 114 valence electrons. The Bertz CT molecular complexity index is 502. The molecule has 0 radical (unpaired) electrons. The van der Waals surface area contributed by atoms with Gasteiger partial charge in [-0.15, -0.1) is 0 Å². The van der Waals surface area contributed by atoms with Crippen LogP contribution in [-0.2, 0) is 20.8 Å². The highest BCUT2D eigenvalue weighted by Gasteiger charge is 2.18. The molecule has 0 spiro atoms. The molecule has 1 aromatic rings. The molecule has 1 rings (SSSR count). The van der Waals surface area contributed by atoms with Crippen molar-refractivity contribution in [2.45, 2.75) is 26.3 Å². The number of carbonyl (C=O) groups excluding carboxylic acids is 2. The Kier molecular flexibility index (Phi) is 6.39. The van der Waals surface area contributed by atoms with E-state index in [4.69, 9.17) is 5.11 Å². The Balaban J connectivity index is 2.52. The number of amides is 2. The number of benzene rings is 1. The van der Waals surface area contributed by atoms with Gasteiger partial charge in [0, 0.05) is 13.5 Å². The number of nitrogens with one attached hydrogen (secondary N) is 1. The minimum absolute atomic E-state index is 0.139. The third-order valence-electron chi connectivity index (χ3n) is 3.04. The van der Waals surface area contributed by atoms with Crippen molar-refractivity contribution in [2.75, 3.05) is 13.1 Å². The number of nitrogens with zero attached hydrogens (tertiary/aromatic N) is 1. The van der Waals surface area contributed by atoms with Crippen molar-refractivity contribution in [1.29, 1.82) is 0 Å². The summed E-state index contributed by atoms with van der Waals surface area (Å²) in [6.45, 7) is 3.04. The lowest BCUT2D eigenvalue weighted by atomic mass is 10.1.